The molecule has 3 aliphatic rings. The van der Waals surface area contributed by atoms with E-state index < -0.39 is 11.2 Å². The molecule has 26 heavy (non-hydrogen) atoms. The van der Waals surface area contributed by atoms with Crippen molar-refractivity contribution in [2.75, 3.05) is 27.8 Å². The molecule has 2 fully saturated rings. The molecule has 1 heterocycles. The first kappa shape index (κ1) is 19.8. The van der Waals surface area contributed by atoms with Gasteiger partial charge in [-0.3, -0.25) is 0 Å². The van der Waals surface area contributed by atoms with Crippen LogP contribution in [0.15, 0.2) is 11.1 Å². The maximum absolute atomic E-state index is 11.0. The van der Waals surface area contributed by atoms with Crippen molar-refractivity contribution in [1.82, 2.24) is 0 Å². The van der Waals surface area contributed by atoms with E-state index in [2.05, 4.69) is 18.8 Å². The Morgan fingerprint density at radius 3 is 2.69 bits per heavy atom. The lowest BCUT2D eigenvalue weighted by Crippen LogP contribution is -2.58. The fraction of sp³-hybridized carbons (Fsp3) is 0.800. The van der Waals surface area contributed by atoms with E-state index in [4.69, 9.17) is 23.7 Å². The molecule has 1 saturated carbocycles. The quantitative estimate of drug-likeness (QED) is 0.422. The Kier molecular flexibility index (Phi) is 5.78. The average molecular weight is 366 g/mol. The van der Waals surface area contributed by atoms with Gasteiger partial charge in [-0.1, -0.05) is 12.8 Å². The van der Waals surface area contributed by atoms with Gasteiger partial charge in [0.1, 0.15) is 24.8 Å². The first-order chi connectivity index (χ1) is 12.4. The maximum Gasteiger partial charge on any atom is 0.147 e. The SMILES string of the molecule is CC#CC(C)(O)C1=C2C3CC(OCOC)C(C)C2(OCOC)C(CC1)O3. The highest BCUT2D eigenvalue weighted by molar-refractivity contribution is 5.47. The van der Waals surface area contributed by atoms with E-state index in [1.807, 2.05) is 0 Å². The van der Waals surface area contributed by atoms with Crippen molar-refractivity contribution in [3.8, 4) is 11.8 Å². The predicted molar refractivity (Wildman–Crippen MR) is 95.2 cm³/mol. The van der Waals surface area contributed by atoms with Crippen LogP contribution in [0, 0.1) is 17.8 Å². The third-order valence-corrected chi connectivity index (χ3v) is 5.98. The molecule has 6 atom stereocenters. The molecule has 0 radical (unpaired) electrons. The monoisotopic (exact) mass is 366 g/mol. The highest BCUT2D eigenvalue weighted by Gasteiger charge is 2.65. The van der Waals surface area contributed by atoms with Crippen molar-refractivity contribution in [2.24, 2.45) is 5.92 Å². The summed E-state index contributed by atoms with van der Waals surface area (Å²) in [6.07, 6.45) is 1.99. The lowest BCUT2D eigenvalue weighted by Gasteiger charge is -2.49. The van der Waals surface area contributed by atoms with Crippen LogP contribution in [0.1, 0.15) is 40.0 Å². The molecule has 0 aromatic rings. The molecule has 0 amide bonds. The number of hydrogen-bond acceptors (Lipinski definition) is 6. The normalized spacial score (nSPS) is 37.9. The molecule has 1 aliphatic heterocycles. The van der Waals surface area contributed by atoms with Crippen molar-refractivity contribution in [2.45, 2.75) is 69.5 Å². The Hall–Kier alpha value is -0.940. The van der Waals surface area contributed by atoms with Crippen molar-refractivity contribution < 1.29 is 28.8 Å². The fourth-order valence-electron chi connectivity index (χ4n) is 4.97. The lowest BCUT2D eigenvalue weighted by atomic mass is 9.62. The standard InChI is InChI=1S/C20H30O6/c1-6-9-19(3,21)14-7-8-17-20(25-12-23-5)13(2)15(24-11-22-4)10-16(26-17)18(14)20/h13,15-17,21H,7-8,10-12H2,1-5H3. The third-order valence-electron chi connectivity index (χ3n) is 5.98. The van der Waals surface area contributed by atoms with Gasteiger partial charge in [-0.15, -0.1) is 5.92 Å². The van der Waals surface area contributed by atoms with Gasteiger partial charge in [-0.25, -0.2) is 0 Å². The summed E-state index contributed by atoms with van der Waals surface area (Å²) in [5.74, 6) is 5.84. The molecule has 6 nitrogen and oxygen atoms in total. The molecule has 0 aromatic carbocycles. The fourth-order valence-corrected chi connectivity index (χ4v) is 4.97. The van der Waals surface area contributed by atoms with Gasteiger partial charge in [0, 0.05) is 26.6 Å². The van der Waals surface area contributed by atoms with Crippen LogP contribution in [-0.4, -0.2) is 62.4 Å². The zero-order valence-corrected chi connectivity index (χ0v) is 16.3. The molecular weight excluding hydrogens is 336 g/mol. The molecule has 146 valence electrons. The van der Waals surface area contributed by atoms with E-state index in [1.54, 1.807) is 28.1 Å². The van der Waals surface area contributed by atoms with Crippen LogP contribution in [0.2, 0.25) is 0 Å². The summed E-state index contributed by atoms with van der Waals surface area (Å²) in [5, 5.41) is 11.0. The molecule has 2 aliphatic carbocycles. The molecule has 6 heteroatoms. The topological polar surface area (TPSA) is 66.4 Å². The van der Waals surface area contributed by atoms with Crippen LogP contribution in [0.5, 0.6) is 0 Å². The van der Waals surface area contributed by atoms with Gasteiger partial charge in [0.25, 0.3) is 0 Å². The Morgan fingerprint density at radius 1 is 1.31 bits per heavy atom. The van der Waals surface area contributed by atoms with Gasteiger partial charge in [-0.2, -0.15) is 0 Å². The maximum atomic E-state index is 11.0. The molecule has 1 N–H and O–H groups in total. The number of rotatable bonds is 7. The van der Waals surface area contributed by atoms with Gasteiger partial charge in [-0.05, 0) is 37.8 Å². The summed E-state index contributed by atoms with van der Waals surface area (Å²) in [4.78, 5) is 0. The minimum Gasteiger partial charge on any atom is -0.374 e. The smallest absolute Gasteiger partial charge is 0.147 e. The second kappa shape index (κ2) is 7.59. The van der Waals surface area contributed by atoms with Crippen molar-refractivity contribution in [3.05, 3.63) is 11.1 Å². The van der Waals surface area contributed by atoms with Crippen LogP contribution in [0.25, 0.3) is 0 Å². The first-order valence-electron chi connectivity index (χ1n) is 9.21. The van der Waals surface area contributed by atoms with Crippen LogP contribution in [-0.2, 0) is 23.7 Å². The van der Waals surface area contributed by atoms with Gasteiger partial charge in [0.2, 0.25) is 0 Å². The molecule has 0 aromatic heterocycles. The average Bonchev–Trinajstić information content (AvgIpc) is 2.73. The van der Waals surface area contributed by atoms with Crippen molar-refractivity contribution in [1.29, 1.82) is 0 Å². The predicted octanol–water partition coefficient (Wildman–Crippen LogP) is 2.01. The minimum absolute atomic E-state index is 0.0345. The largest absolute Gasteiger partial charge is 0.374 e. The summed E-state index contributed by atoms with van der Waals surface area (Å²) < 4.78 is 29.0. The van der Waals surface area contributed by atoms with Gasteiger partial charge in [0.05, 0.1) is 18.3 Å². The molecule has 6 unspecified atom stereocenters. The van der Waals surface area contributed by atoms with E-state index in [0.717, 1.165) is 24.0 Å². The minimum atomic E-state index is -1.19. The van der Waals surface area contributed by atoms with Gasteiger partial charge in [0.15, 0.2) is 0 Å². The third kappa shape index (κ3) is 3.01. The van der Waals surface area contributed by atoms with Crippen molar-refractivity contribution in [3.63, 3.8) is 0 Å². The van der Waals surface area contributed by atoms with Crippen LogP contribution in [0.3, 0.4) is 0 Å². The van der Waals surface area contributed by atoms with Crippen LogP contribution in [0.4, 0.5) is 0 Å². The Morgan fingerprint density at radius 2 is 2.04 bits per heavy atom. The summed E-state index contributed by atoms with van der Waals surface area (Å²) in [5.41, 5.74) is 0.120. The summed E-state index contributed by atoms with van der Waals surface area (Å²) in [7, 11) is 3.23. The number of hydrogen-bond donors (Lipinski definition) is 1. The zero-order chi connectivity index (χ0) is 18.9. The Balaban J connectivity index is 2.08. The zero-order valence-electron chi connectivity index (χ0n) is 16.3. The summed E-state index contributed by atoms with van der Waals surface area (Å²) >= 11 is 0. The summed E-state index contributed by atoms with van der Waals surface area (Å²) in [6.45, 7) is 6.01. The second-order valence-electron chi connectivity index (χ2n) is 7.47. The Labute approximate surface area is 155 Å². The van der Waals surface area contributed by atoms with E-state index in [-0.39, 0.29) is 37.8 Å². The first-order valence-corrected chi connectivity index (χ1v) is 9.21. The molecule has 4 bridgehead atoms. The van der Waals surface area contributed by atoms with E-state index >= 15 is 0 Å². The Bertz CT molecular complexity index is 616. The van der Waals surface area contributed by atoms with E-state index in [9.17, 15) is 5.11 Å². The van der Waals surface area contributed by atoms with Crippen LogP contribution < -0.4 is 0 Å². The summed E-state index contributed by atoms with van der Waals surface area (Å²) in [6, 6.07) is 0. The van der Waals surface area contributed by atoms with Crippen molar-refractivity contribution >= 4 is 0 Å². The van der Waals surface area contributed by atoms with E-state index in [0.29, 0.717) is 6.42 Å². The van der Waals surface area contributed by atoms with E-state index in [1.165, 1.54) is 0 Å². The highest BCUT2D eigenvalue weighted by Crippen LogP contribution is 2.58. The molecular formula is C20H30O6. The number of aliphatic hydroxyl groups is 1. The molecule has 0 spiro atoms. The number of ether oxygens (including phenoxy) is 5. The number of methoxy groups -OCH3 is 2. The molecule has 3 rings (SSSR count). The molecule has 1 saturated heterocycles. The van der Waals surface area contributed by atoms with Gasteiger partial charge >= 0.3 is 0 Å². The second-order valence-corrected chi connectivity index (χ2v) is 7.47. The highest BCUT2D eigenvalue weighted by atomic mass is 16.7. The van der Waals surface area contributed by atoms with Gasteiger partial charge < -0.3 is 28.8 Å². The van der Waals surface area contributed by atoms with Crippen LogP contribution >= 0.6 is 0 Å². The lowest BCUT2D eigenvalue weighted by molar-refractivity contribution is -0.193.